The van der Waals surface area contributed by atoms with Crippen molar-refractivity contribution in [3.63, 3.8) is 0 Å². The molecule has 1 aromatic heterocycles. The molecule has 2 nitrogen and oxygen atoms in total. The van der Waals surface area contributed by atoms with Crippen LogP contribution in [0.5, 0.6) is 0 Å². The van der Waals surface area contributed by atoms with Crippen LogP contribution in [0.3, 0.4) is 0 Å². The summed E-state index contributed by atoms with van der Waals surface area (Å²) in [4.78, 5) is 1.38. The van der Waals surface area contributed by atoms with E-state index >= 15 is 0 Å². The maximum absolute atomic E-state index is 5.27. The summed E-state index contributed by atoms with van der Waals surface area (Å²) in [6.07, 6.45) is 2.07. The molecule has 0 saturated heterocycles. The summed E-state index contributed by atoms with van der Waals surface area (Å²) in [5.41, 5.74) is 2.37. The van der Waals surface area contributed by atoms with Crippen LogP contribution in [-0.2, 0) is 12.8 Å². The maximum atomic E-state index is 5.27. The van der Waals surface area contributed by atoms with Gasteiger partial charge in [0, 0.05) is 17.1 Å². The number of thiocarbonyl (C=S) groups is 1. The number of benzene rings is 1. The predicted octanol–water partition coefficient (Wildman–Crippen LogP) is 3.84. The molecule has 0 bridgehead atoms. The van der Waals surface area contributed by atoms with Gasteiger partial charge in [-0.15, -0.1) is 11.3 Å². The van der Waals surface area contributed by atoms with Crippen LogP contribution >= 0.6 is 23.6 Å². The Morgan fingerprint density at radius 1 is 1.21 bits per heavy atom. The second kappa shape index (κ2) is 7.26. The summed E-state index contributed by atoms with van der Waals surface area (Å²) < 4.78 is 0. The highest BCUT2D eigenvalue weighted by atomic mass is 32.1. The van der Waals surface area contributed by atoms with E-state index in [0.717, 1.165) is 25.1 Å². The topological polar surface area (TPSA) is 24.1 Å². The molecule has 0 aliphatic rings. The Kier molecular flexibility index (Phi) is 5.36. The molecule has 0 amide bonds. The summed E-state index contributed by atoms with van der Waals surface area (Å²) >= 11 is 7.05. The van der Waals surface area contributed by atoms with Gasteiger partial charge in [0.25, 0.3) is 0 Å². The normalized spacial score (nSPS) is 10.2. The van der Waals surface area contributed by atoms with Crippen LogP contribution < -0.4 is 10.6 Å². The molecule has 19 heavy (non-hydrogen) atoms. The minimum Gasteiger partial charge on any atom is -0.362 e. The Morgan fingerprint density at radius 2 is 2.00 bits per heavy atom. The maximum Gasteiger partial charge on any atom is 0.170 e. The highest BCUT2D eigenvalue weighted by Crippen LogP contribution is 2.10. The number of nitrogens with one attached hydrogen (secondary N) is 2. The van der Waals surface area contributed by atoms with E-state index in [1.54, 1.807) is 11.3 Å². The minimum atomic E-state index is 0.681. The Labute approximate surface area is 123 Å². The molecule has 0 aliphatic carbocycles. The molecule has 0 spiro atoms. The van der Waals surface area contributed by atoms with E-state index in [4.69, 9.17) is 12.2 Å². The molecular formula is C15H18N2S2. The lowest BCUT2D eigenvalue weighted by Gasteiger charge is -2.10. The Morgan fingerprint density at radius 3 is 2.63 bits per heavy atom. The van der Waals surface area contributed by atoms with Crippen LogP contribution in [0.15, 0.2) is 41.8 Å². The average Bonchev–Trinajstić information content (AvgIpc) is 2.93. The van der Waals surface area contributed by atoms with Crippen LogP contribution in [0, 0.1) is 0 Å². The van der Waals surface area contributed by atoms with Crippen LogP contribution in [0.1, 0.15) is 17.4 Å². The second-order valence-corrected chi connectivity index (χ2v) is 5.70. The molecule has 4 heteroatoms. The van der Waals surface area contributed by atoms with Gasteiger partial charge in [-0.2, -0.15) is 0 Å². The van der Waals surface area contributed by atoms with Crippen molar-refractivity contribution >= 4 is 34.4 Å². The van der Waals surface area contributed by atoms with E-state index in [1.807, 2.05) is 0 Å². The van der Waals surface area contributed by atoms with Gasteiger partial charge in [-0.1, -0.05) is 25.1 Å². The van der Waals surface area contributed by atoms with Crippen molar-refractivity contribution in [1.29, 1.82) is 0 Å². The second-order valence-electron chi connectivity index (χ2n) is 4.26. The molecule has 2 aromatic rings. The van der Waals surface area contributed by atoms with Crippen molar-refractivity contribution in [1.82, 2.24) is 5.32 Å². The number of hydrogen-bond acceptors (Lipinski definition) is 2. The first kappa shape index (κ1) is 14.0. The van der Waals surface area contributed by atoms with Crippen molar-refractivity contribution in [3.05, 3.63) is 52.2 Å². The molecule has 0 fully saturated rings. The first-order valence-electron chi connectivity index (χ1n) is 6.44. The van der Waals surface area contributed by atoms with Gasteiger partial charge in [-0.3, -0.25) is 0 Å². The third-order valence-electron chi connectivity index (χ3n) is 2.86. The molecule has 2 N–H and O–H groups in total. The van der Waals surface area contributed by atoms with E-state index in [9.17, 15) is 0 Å². The van der Waals surface area contributed by atoms with E-state index in [-0.39, 0.29) is 0 Å². The lowest BCUT2D eigenvalue weighted by Crippen LogP contribution is -2.30. The predicted molar refractivity (Wildman–Crippen MR) is 88.1 cm³/mol. The number of rotatable bonds is 5. The quantitative estimate of drug-likeness (QED) is 0.818. The third-order valence-corrected chi connectivity index (χ3v) is 4.04. The zero-order chi connectivity index (χ0) is 13.5. The van der Waals surface area contributed by atoms with Gasteiger partial charge in [0.2, 0.25) is 0 Å². The summed E-state index contributed by atoms with van der Waals surface area (Å²) in [7, 11) is 0. The molecule has 0 radical (unpaired) electrons. The van der Waals surface area contributed by atoms with Gasteiger partial charge < -0.3 is 10.6 Å². The number of anilines is 1. The van der Waals surface area contributed by atoms with Gasteiger partial charge in [0.1, 0.15) is 0 Å². The zero-order valence-electron chi connectivity index (χ0n) is 11.0. The summed E-state index contributed by atoms with van der Waals surface area (Å²) in [6.45, 7) is 3.01. The molecule has 100 valence electrons. The van der Waals surface area contributed by atoms with Crippen LogP contribution in [-0.4, -0.2) is 11.7 Å². The van der Waals surface area contributed by atoms with Gasteiger partial charge in [-0.05, 0) is 54.2 Å². The lowest BCUT2D eigenvalue weighted by molar-refractivity contribution is 0.885. The molecule has 0 unspecified atom stereocenters. The zero-order valence-corrected chi connectivity index (χ0v) is 12.6. The number of thiophene rings is 1. The standard InChI is InChI=1S/C15H18N2S2/c1-2-12-5-7-13(8-6-12)17-15(18)16-10-9-14-4-3-11-19-14/h3-8,11H,2,9-10H2,1H3,(H2,16,17,18). The van der Waals surface area contributed by atoms with Crippen molar-refractivity contribution in [2.45, 2.75) is 19.8 Å². The van der Waals surface area contributed by atoms with E-state index in [1.165, 1.54) is 10.4 Å². The van der Waals surface area contributed by atoms with Gasteiger partial charge >= 0.3 is 0 Å². The van der Waals surface area contributed by atoms with Crippen molar-refractivity contribution in [2.75, 3.05) is 11.9 Å². The number of aryl methyl sites for hydroxylation is 1. The molecule has 1 heterocycles. The Bertz CT molecular complexity index is 503. The summed E-state index contributed by atoms with van der Waals surface area (Å²) in [5.74, 6) is 0. The van der Waals surface area contributed by atoms with Gasteiger partial charge in [-0.25, -0.2) is 0 Å². The first-order valence-corrected chi connectivity index (χ1v) is 7.73. The fraction of sp³-hybridized carbons (Fsp3) is 0.267. The summed E-state index contributed by atoms with van der Waals surface area (Å²) in [5, 5.41) is 9.20. The fourth-order valence-electron chi connectivity index (χ4n) is 1.75. The van der Waals surface area contributed by atoms with Crippen LogP contribution in [0.4, 0.5) is 5.69 Å². The Hall–Kier alpha value is -1.39. The van der Waals surface area contributed by atoms with Crippen molar-refractivity contribution in [2.24, 2.45) is 0 Å². The molecule has 0 aliphatic heterocycles. The van der Waals surface area contributed by atoms with Gasteiger partial charge in [0.05, 0.1) is 0 Å². The SMILES string of the molecule is CCc1ccc(NC(=S)NCCc2cccs2)cc1. The molecular weight excluding hydrogens is 272 g/mol. The third kappa shape index (κ3) is 4.65. The molecule has 0 saturated carbocycles. The smallest absolute Gasteiger partial charge is 0.170 e. The summed E-state index contributed by atoms with van der Waals surface area (Å²) in [6, 6.07) is 12.6. The fourth-order valence-corrected chi connectivity index (χ4v) is 2.68. The first-order chi connectivity index (χ1) is 9.28. The Balaban J connectivity index is 1.74. The van der Waals surface area contributed by atoms with E-state index in [0.29, 0.717) is 5.11 Å². The van der Waals surface area contributed by atoms with Crippen LogP contribution in [0.2, 0.25) is 0 Å². The van der Waals surface area contributed by atoms with E-state index < -0.39 is 0 Å². The monoisotopic (exact) mass is 290 g/mol. The lowest BCUT2D eigenvalue weighted by atomic mass is 10.1. The molecule has 1 aromatic carbocycles. The largest absolute Gasteiger partial charge is 0.362 e. The van der Waals surface area contributed by atoms with E-state index in [2.05, 4.69) is 59.3 Å². The molecule has 2 rings (SSSR count). The highest BCUT2D eigenvalue weighted by molar-refractivity contribution is 7.80. The molecule has 0 atom stereocenters. The van der Waals surface area contributed by atoms with Crippen molar-refractivity contribution in [3.8, 4) is 0 Å². The highest BCUT2D eigenvalue weighted by Gasteiger charge is 1.98. The number of hydrogen-bond donors (Lipinski definition) is 2. The van der Waals surface area contributed by atoms with Crippen molar-refractivity contribution < 1.29 is 0 Å². The van der Waals surface area contributed by atoms with Crippen LogP contribution in [0.25, 0.3) is 0 Å². The average molecular weight is 290 g/mol. The minimum absolute atomic E-state index is 0.681. The van der Waals surface area contributed by atoms with Gasteiger partial charge in [0.15, 0.2) is 5.11 Å².